The van der Waals surface area contributed by atoms with Gasteiger partial charge in [-0.2, -0.15) is 0 Å². The van der Waals surface area contributed by atoms with Crippen molar-refractivity contribution >= 4 is 11.8 Å². The van der Waals surface area contributed by atoms with Crippen LogP contribution in [0.4, 0.5) is 0 Å². The van der Waals surface area contributed by atoms with Crippen LogP contribution >= 0.6 is 0 Å². The fraction of sp³-hybridized carbons (Fsp3) is 0.188. The first kappa shape index (κ1) is 13.9. The molecule has 0 saturated carbocycles. The van der Waals surface area contributed by atoms with Crippen LogP contribution in [-0.4, -0.2) is 21.8 Å². The summed E-state index contributed by atoms with van der Waals surface area (Å²) in [5.41, 5.74) is 0.779. The van der Waals surface area contributed by atoms with Gasteiger partial charge in [0.2, 0.25) is 0 Å². The predicted molar refractivity (Wildman–Crippen MR) is 74.8 cm³/mol. The van der Waals surface area contributed by atoms with Crippen molar-refractivity contribution in [2.75, 3.05) is 0 Å². The lowest BCUT2D eigenvalue weighted by Crippen LogP contribution is -2.28. The van der Waals surface area contributed by atoms with Crippen LogP contribution in [0.2, 0.25) is 0 Å². The van der Waals surface area contributed by atoms with Crippen molar-refractivity contribution in [3.63, 3.8) is 0 Å². The smallest absolute Gasteiger partial charge is 0.313 e. The number of carboxylic acids is 1. The molecule has 0 spiro atoms. The van der Waals surface area contributed by atoms with E-state index in [4.69, 9.17) is 0 Å². The molecule has 2 rings (SSSR count). The molecule has 1 aromatic carbocycles. The third-order valence-electron chi connectivity index (χ3n) is 3.35. The first-order chi connectivity index (χ1) is 9.43. The number of benzene rings is 1. The average molecular weight is 269 g/mol. The highest BCUT2D eigenvalue weighted by atomic mass is 16.4. The van der Waals surface area contributed by atoms with Gasteiger partial charge < -0.3 is 5.11 Å². The summed E-state index contributed by atoms with van der Waals surface area (Å²) in [7, 11) is 0. The number of carbonyl (C=O) groups is 2. The standard InChI is InChI=1S/C16H15NO3/c1-16(2,15(19)20)13-5-3-11(4-6-13)14(18)12-7-9-17-10-8-12/h3-10H,1-2H3,(H,19,20). The first-order valence-electron chi connectivity index (χ1n) is 6.21. The number of nitrogens with zero attached hydrogens (tertiary/aromatic N) is 1. The van der Waals surface area contributed by atoms with Crippen molar-refractivity contribution in [2.45, 2.75) is 19.3 Å². The number of pyridine rings is 1. The third-order valence-corrected chi connectivity index (χ3v) is 3.35. The molecule has 0 bridgehead atoms. The molecule has 0 aliphatic carbocycles. The number of hydrogen-bond donors (Lipinski definition) is 1. The van der Waals surface area contributed by atoms with E-state index < -0.39 is 11.4 Å². The summed E-state index contributed by atoms with van der Waals surface area (Å²) in [6.45, 7) is 3.27. The molecule has 20 heavy (non-hydrogen) atoms. The fourth-order valence-corrected chi connectivity index (χ4v) is 1.83. The highest BCUT2D eigenvalue weighted by Crippen LogP contribution is 2.24. The van der Waals surface area contributed by atoms with E-state index in [0.29, 0.717) is 16.7 Å². The predicted octanol–water partition coefficient (Wildman–Crippen LogP) is 2.67. The molecule has 0 aliphatic heterocycles. The molecule has 102 valence electrons. The second kappa shape index (κ2) is 5.25. The van der Waals surface area contributed by atoms with Crippen LogP contribution in [0, 0.1) is 0 Å². The molecule has 0 saturated heterocycles. The van der Waals surface area contributed by atoms with Crippen LogP contribution in [0.5, 0.6) is 0 Å². The van der Waals surface area contributed by atoms with Crippen molar-refractivity contribution in [3.8, 4) is 0 Å². The number of aliphatic carboxylic acids is 1. The van der Waals surface area contributed by atoms with E-state index in [1.54, 1.807) is 62.6 Å². The van der Waals surface area contributed by atoms with E-state index in [2.05, 4.69) is 4.98 Å². The molecule has 4 nitrogen and oxygen atoms in total. The van der Waals surface area contributed by atoms with E-state index in [1.807, 2.05) is 0 Å². The van der Waals surface area contributed by atoms with Gasteiger partial charge in [0.15, 0.2) is 5.78 Å². The Morgan fingerprint density at radius 1 is 0.950 bits per heavy atom. The minimum absolute atomic E-state index is 0.105. The van der Waals surface area contributed by atoms with E-state index in [0.717, 1.165) is 0 Å². The second-order valence-corrected chi connectivity index (χ2v) is 5.07. The Kier molecular flexibility index (Phi) is 3.66. The minimum Gasteiger partial charge on any atom is -0.481 e. The number of aromatic nitrogens is 1. The van der Waals surface area contributed by atoms with Gasteiger partial charge in [-0.05, 0) is 31.5 Å². The van der Waals surface area contributed by atoms with Gasteiger partial charge in [-0.3, -0.25) is 14.6 Å². The Morgan fingerprint density at radius 3 is 1.95 bits per heavy atom. The van der Waals surface area contributed by atoms with Crippen molar-refractivity contribution in [2.24, 2.45) is 0 Å². The normalized spacial score (nSPS) is 11.1. The molecule has 0 radical (unpaired) electrons. The largest absolute Gasteiger partial charge is 0.481 e. The zero-order chi connectivity index (χ0) is 14.8. The summed E-state index contributed by atoms with van der Waals surface area (Å²) in [4.78, 5) is 27.3. The molecular weight excluding hydrogens is 254 g/mol. The zero-order valence-electron chi connectivity index (χ0n) is 11.3. The molecule has 2 aromatic rings. The lowest BCUT2D eigenvalue weighted by atomic mass is 9.84. The van der Waals surface area contributed by atoms with Crippen LogP contribution in [-0.2, 0) is 10.2 Å². The van der Waals surface area contributed by atoms with Crippen molar-refractivity contribution in [1.29, 1.82) is 0 Å². The van der Waals surface area contributed by atoms with E-state index in [-0.39, 0.29) is 5.78 Å². The summed E-state index contributed by atoms with van der Waals surface area (Å²) in [5, 5.41) is 9.18. The van der Waals surface area contributed by atoms with Gasteiger partial charge >= 0.3 is 5.97 Å². The first-order valence-corrected chi connectivity index (χ1v) is 6.21. The molecule has 0 atom stereocenters. The molecule has 1 heterocycles. The maximum atomic E-state index is 12.2. The Morgan fingerprint density at radius 2 is 1.45 bits per heavy atom. The fourth-order valence-electron chi connectivity index (χ4n) is 1.83. The number of ketones is 1. The Balaban J connectivity index is 2.30. The van der Waals surface area contributed by atoms with Crippen LogP contribution in [0.1, 0.15) is 35.3 Å². The third kappa shape index (κ3) is 2.59. The minimum atomic E-state index is -0.974. The summed E-state index contributed by atoms with van der Waals surface area (Å²) >= 11 is 0. The van der Waals surface area contributed by atoms with Gasteiger partial charge in [0.05, 0.1) is 5.41 Å². The van der Waals surface area contributed by atoms with Crippen molar-refractivity contribution in [1.82, 2.24) is 4.98 Å². The van der Waals surface area contributed by atoms with Crippen LogP contribution in [0.25, 0.3) is 0 Å². The lowest BCUT2D eigenvalue weighted by Gasteiger charge is -2.19. The summed E-state index contributed by atoms with van der Waals surface area (Å²) in [6.07, 6.45) is 3.13. The molecular formula is C16H15NO3. The summed E-state index contributed by atoms with van der Waals surface area (Å²) < 4.78 is 0. The number of carbonyl (C=O) groups excluding carboxylic acids is 1. The monoisotopic (exact) mass is 269 g/mol. The highest BCUT2D eigenvalue weighted by molar-refractivity contribution is 6.08. The Bertz CT molecular complexity index is 631. The zero-order valence-corrected chi connectivity index (χ0v) is 11.3. The number of carboxylic acid groups (broad SMARTS) is 1. The van der Waals surface area contributed by atoms with Gasteiger partial charge in [0.25, 0.3) is 0 Å². The van der Waals surface area contributed by atoms with E-state index in [1.165, 1.54) is 0 Å². The highest BCUT2D eigenvalue weighted by Gasteiger charge is 2.29. The maximum Gasteiger partial charge on any atom is 0.313 e. The lowest BCUT2D eigenvalue weighted by molar-refractivity contribution is -0.142. The molecule has 4 heteroatoms. The molecule has 1 N–H and O–H groups in total. The van der Waals surface area contributed by atoms with Crippen LogP contribution in [0.15, 0.2) is 48.8 Å². The molecule has 0 amide bonds. The van der Waals surface area contributed by atoms with Gasteiger partial charge in [-0.15, -0.1) is 0 Å². The van der Waals surface area contributed by atoms with Crippen molar-refractivity contribution in [3.05, 3.63) is 65.5 Å². The van der Waals surface area contributed by atoms with Gasteiger partial charge in [0, 0.05) is 23.5 Å². The van der Waals surface area contributed by atoms with Crippen LogP contribution < -0.4 is 0 Å². The molecule has 1 aromatic heterocycles. The van der Waals surface area contributed by atoms with Crippen molar-refractivity contribution < 1.29 is 14.7 Å². The second-order valence-electron chi connectivity index (χ2n) is 5.07. The van der Waals surface area contributed by atoms with Crippen LogP contribution in [0.3, 0.4) is 0 Å². The average Bonchev–Trinajstić information content (AvgIpc) is 2.47. The Labute approximate surface area is 117 Å². The maximum absolute atomic E-state index is 12.2. The molecule has 0 aliphatic rings. The molecule has 0 fully saturated rings. The van der Waals surface area contributed by atoms with Gasteiger partial charge in [-0.25, -0.2) is 0 Å². The topological polar surface area (TPSA) is 67.3 Å². The van der Waals surface area contributed by atoms with E-state index >= 15 is 0 Å². The Hall–Kier alpha value is -2.49. The molecule has 0 unspecified atom stereocenters. The number of rotatable bonds is 4. The summed E-state index contributed by atoms with van der Waals surface area (Å²) in [6, 6.07) is 9.98. The van der Waals surface area contributed by atoms with E-state index in [9.17, 15) is 14.7 Å². The van der Waals surface area contributed by atoms with Gasteiger partial charge in [0.1, 0.15) is 0 Å². The SMILES string of the molecule is CC(C)(C(=O)O)c1ccc(C(=O)c2ccncc2)cc1. The van der Waals surface area contributed by atoms with Gasteiger partial charge in [-0.1, -0.05) is 24.3 Å². The number of hydrogen-bond acceptors (Lipinski definition) is 3. The summed E-state index contributed by atoms with van der Waals surface area (Å²) in [5.74, 6) is -1.00. The quantitative estimate of drug-likeness (QED) is 0.866.